The zero-order valence-corrected chi connectivity index (χ0v) is 7.82. The van der Waals surface area contributed by atoms with Gasteiger partial charge in [0, 0.05) is 5.56 Å². The summed E-state index contributed by atoms with van der Waals surface area (Å²) in [5, 5.41) is 1.06. The SMILES string of the molecule is CSc1nc(N)nc2c1CCC2. The van der Waals surface area contributed by atoms with Crippen molar-refractivity contribution in [3.8, 4) is 0 Å². The molecule has 1 heterocycles. The van der Waals surface area contributed by atoms with E-state index in [1.165, 1.54) is 12.0 Å². The van der Waals surface area contributed by atoms with Crippen molar-refractivity contribution >= 4 is 17.7 Å². The van der Waals surface area contributed by atoms with Crippen LogP contribution < -0.4 is 5.73 Å². The van der Waals surface area contributed by atoms with Crippen molar-refractivity contribution in [3.63, 3.8) is 0 Å². The van der Waals surface area contributed by atoms with E-state index in [1.807, 2.05) is 6.26 Å². The first-order chi connectivity index (χ1) is 5.81. The second-order valence-corrected chi connectivity index (χ2v) is 3.66. The number of fused-ring (bicyclic) bond motifs is 1. The van der Waals surface area contributed by atoms with Crippen LogP contribution in [0, 0.1) is 0 Å². The molecule has 0 radical (unpaired) electrons. The van der Waals surface area contributed by atoms with Crippen molar-refractivity contribution in [2.45, 2.75) is 24.3 Å². The van der Waals surface area contributed by atoms with Crippen molar-refractivity contribution in [2.24, 2.45) is 0 Å². The predicted molar refractivity (Wildman–Crippen MR) is 50.3 cm³/mol. The van der Waals surface area contributed by atoms with E-state index in [4.69, 9.17) is 5.73 Å². The van der Waals surface area contributed by atoms with Gasteiger partial charge in [-0.15, -0.1) is 11.8 Å². The van der Waals surface area contributed by atoms with E-state index in [9.17, 15) is 0 Å². The largest absolute Gasteiger partial charge is 0.368 e. The summed E-state index contributed by atoms with van der Waals surface area (Å²) in [7, 11) is 0. The van der Waals surface area contributed by atoms with Crippen LogP contribution in [-0.4, -0.2) is 16.2 Å². The maximum absolute atomic E-state index is 5.57. The third kappa shape index (κ3) is 1.16. The highest BCUT2D eigenvalue weighted by atomic mass is 32.2. The first-order valence-corrected chi connectivity index (χ1v) is 5.23. The summed E-state index contributed by atoms with van der Waals surface area (Å²) in [6.07, 6.45) is 5.41. The van der Waals surface area contributed by atoms with Crippen LogP contribution in [0.25, 0.3) is 0 Å². The molecule has 0 aromatic carbocycles. The van der Waals surface area contributed by atoms with E-state index in [0.717, 1.165) is 23.6 Å². The van der Waals surface area contributed by atoms with Crippen molar-refractivity contribution in [1.29, 1.82) is 0 Å². The zero-order valence-electron chi connectivity index (χ0n) is 7.00. The molecule has 0 amide bonds. The highest BCUT2D eigenvalue weighted by molar-refractivity contribution is 7.98. The number of nitrogens with two attached hydrogens (primary N) is 1. The minimum absolute atomic E-state index is 0.417. The molecule has 0 atom stereocenters. The Kier molecular flexibility index (Phi) is 1.92. The van der Waals surface area contributed by atoms with Crippen LogP contribution in [0.4, 0.5) is 5.95 Å². The summed E-state index contributed by atoms with van der Waals surface area (Å²) in [4.78, 5) is 8.41. The van der Waals surface area contributed by atoms with Crippen LogP contribution in [-0.2, 0) is 12.8 Å². The minimum atomic E-state index is 0.417. The zero-order chi connectivity index (χ0) is 8.55. The van der Waals surface area contributed by atoms with Crippen molar-refractivity contribution in [1.82, 2.24) is 9.97 Å². The smallest absolute Gasteiger partial charge is 0.221 e. The number of nitrogen functional groups attached to an aromatic ring is 1. The third-order valence-electron chi connectivity index (χ3n) is 2.11. The summed E-state index contributed by atoms with van der Waals surface area (Å²) >= 11 is 1.66. The van der Waals surface area contributed by atoms with Gasteiger partial charge in [-0.25, -0.2) is 9.97 Å². The molecule has 0 spiro atoms. The molecule has 0 fully saturated rings. The van der Waals surface area contributed by atoms with Gasteiger partial charge in [0.15, 0.2) is 0 Å². The topological polar surface area (TPSA) is 51.8 Å². The van der Waals surface area contributed by atoms with E-state index in [1.54, 1.807) is 11.8 Å². The number of hydrogen-bond donors (Lipinski definition) is 1. The number of nitrogens with zero attached hydrogens (tertiary/aromatic N) is 2. The van der Waals surface area contributed by atoms with E-state index in [2.05, 4.69) is 9.97 Å². The molecule has 1 aliphatic carbocycles. The van der Waals surface area contributed by atoms with Gasteiger partial charge in [-0.2, -0.15) is 0 Å². The highest BCUT2D eigenvalue weighted by Gasteiger charge is 2.17. The average Bonchev–Trinajstić information content (AvgIpc) is 2.50. The summed E-state index contributed by atoms with van der Waals surface area (Å²) in [6, 6.07) is 0. The normalized spacial score (nSPS) is 14.8. The Morgan fingerprint density at radius 3 is 2.92 bits per heavy atom. The second-order valence-electron chi connectivity index (χ2n) is 2.87. The van der Waals surface area contributed by atoms with Crippen LogP contribution in [0.1, 0.15) is 17.7 Å². The Morgan fingerprint density at radius 1 is 1.33 bits per heavy atom. The lowest BCUT2D eigenvalue weighted by atomic mass is 10.3. The quantitative estimate of drug-likeness (QED) is 0.523. The third-order valence-corrected chi connectivity index (χ3v) is 2.83. The van der Waals surface area contributed by atoms with Gasteiger partial charge < -0.3 is 5.73 Å². The molecule has 0 saturated carbocycles. The van der Waals surface area contributed by atoms with Gasteiger partial charge in [0.2, 0.25) is 5.95 Å². The number of hydrogen-bond acceptors (Lipinski definition) is 4. The first-order valence-electron chi connectivity index (χ1n) is 4.00. The Morgan fingerprint density at radius 2 is 2.17 bits per heavy atom. The predicted octanol–water partition coefficient (Wildman–Crippen LogP) is 1.27. The van der Waals surface area contributed by atoms with Gasteiger partial charge in [-0.05, 0) is 25.5 Å². The molecule has 0 saturated heterocycles. The molecular formula is C8H11N3S. The van der Waals surface area contributed by atoms with Gasteiger partial charge in [-0.1, -0.05) is 0 Å². The number of thioether (sulfide) groups is 1. The Bertz CT molecular complexity index is 311. The van der Waals surface area contributed by atoms with E-state index >= 15 is 0 Å². The lowest BCUT2D eigenvalue weighted by molar-refractivity contribution is 0.896. The van der Waals surface area contributed by atoms with Crippen molar-refractivity contribution < 1.29 is 0 Å². The second kappa shape index (κ2) is 2.94. The molecule has 1 aromatic heterocycles. The molecule has 0 aliphatic heterocycles. The van der Waals surface area contributed by atoms with Gasteiger partial charge in [0.25, 0.3) is 0 Å². The van der Waals surface area contributed by atoms with Crippen LogP contribution in [0.3, 0.4) is 0 Å². The summed E-state index contributed by atoms with van der Waals surface area (Å²) in [5.74, 6) is 0.417. The molecule has 1 aliphatic rings. The molecule has 4 heteroatoms. The van der Waals surface area contributed by atoms with Crippen LogP contribution in [0.5, 0.6) is 0 Å². The fraction of sp³-hybridized carbons (Fsp3) is 0.500. The van der Waals surface area contributed by atoms with Crippen LogP contribution >= 0.6 is 11.8 Å². The molecule has 1 aromatic rings. The average molecular weight is 181 g/mol. The number of rotatable bonds is 1. The molecule has 2 rings (SSSR count). The van der Waals surface area contributed by atoms with Gasteiger partial charge >= 0.3 is 0 Å². The first kappa shape index (κ1) is 7.86. The van der Waals surface area contributed by atoms with Crippen molar-refractivity contribution in [3.05, 3.63) is 11.3 Å². The van der Waals surface area contributed by atoms with Gasteiger partial charge in [0.1, 0.15) is 5.03 Å². The Hall–Kier alpha value is -0.770. The highest BCUT2D eigenvalue weighted by Crippen LogP contribution is 2.28. The lowest BCUT2D eigenvalue weighted by Crippen LogP contribution is -2.01. The number of aromatic nitrogens is 2. The monoisotopic (exact) mass is 181 g/mol. The summed E-state index contributed by atoms with van der Waals surface area (Å²) in [5.41, 5.74) is 8.05. The number of anilines is 1. The molecule has 2 N–H and O–H groups in total. The summed E-state index contributed by atoms with van der Waals surface area (Å²) in [6.45, 7) is 0. The van der Waals surface area contributed by atoms with Gasteiger partial charge in [-0.3, -0.25) is 0 Å². The Labute approximate surface area is 75.8 Å². The molecule has 12 heavy (non-hydrogen) atoms. The maximum Gasteiger partial charge on any atom is 0.221 e. The Balaban J connectivity index is 2.55. The van der Waals surface area contributed by atoms with E-state index in [-0.39, 0.29) is 0 Å². The fourth-order valence-electron chi connectivity index (χ4n) is 1.59. The fourth-order valence-corrected chi connectivity index (χ4v) is 2.24. The van der Waals surface area contributed by atoms with E-state index in [0.29, 0.717) is 5.95 Å². The molecule has 0 unspecified atom stereocenters. The van der Waals surface area contributed by atoms with Crippen LogP contribution in [0.2, 0.25) is 0 Å². The maximum atomic E-state index is 5.57. The van der Waals surface area contributed by atoms with Crippen LogP contribution in [0.15, 0.2) is 5.03 Å². The molecular weight excluding hydrogens is 170 g/mol. The molecule has 0 bridgehead atoms. The minimum Gasteiger partial charge on any atom is -0.368 e. The van der Waals surface area contributed by atoms with Gasteiger partial charge in [0.05, 0.1) is 5.69 Å². The van der Waals surface area contributed by atoms with E-state index < -0.39 is 0 Å². The van der Waals surface area contributed by atoms with Crippen molar-refractivity contribution in [2.75, 3.05) is 12.0 Å². The molecule has 3 nitrogen and oxygen atoms in total. The lowest BCUT2D eigenvalue weighted by Gasteiger charge is -2.04. The standard InChI is InChI=1S/C8H11N3S/c1-12-7-5-3-2-4-6(5)10-8(9)11-7/h2-4H2,1H3,(H2,9,10,11). The number of aryl methyl sites for hydroxylation is 1. The molecule has 64 valence electrons. The summed E-state index contributed by atoms with van der Waals surface area (Å²) < 4.78 is 0.